The largest absolute Gasteiger partial charge is 0.480 e. The lowest BCUT2D eigenvalue weighted by molar-refractivity contribution is -0.139. The molecule has 0 saturated carbocycles. The Morgan fingerprint density at radius 3 is 2.38 bits per heavy atom. The SMILES string of the molecule is CC(CCB(O)O)C(CN)CC(N)C(=O)O. The molecule has 3 atom stereocenters. The van der Waals surface area contributed by atoms with E-state index in [0.717, 1.165) is 0 Å². The molecule has 0 fully saturated rings. The van der Waals surface area contributed by atoms with Gasteiger partial charge in [0.25, 0.3) is 0 Å². The number of carbonyl (C=O) groups is 1. The van der Waals surface area contributed by atoms with Crippen LogP contribution in [0.15, 0.2) is 0 Å². The van der Waals surface area contributed by atoms with E-state index >= 15 is 0 Å². The number of nitrogens with two attached hydrogens (primary N) is 2. The normalized spacial score (nSPS) is 16.6. The molecule has 0 heterocycles. The zero-order valence-corrected chi connectivity index (χ0v) is 9.54. The summed E-state index contributed by atoms with van der Waals surface area (Å²) in [4.78, 5) is 10.6. The van der Waals surface area contributed by atoms with Crippen molar-refractivity contribution < 1.29 is 19.9 Å². The molecule has 0 aliphatic rings. The van der Waals surface area contributed by atoms with Gasteiger partial charge < -0.3 is 26.6 Å². The van der Waals surface area contributed by atoms with Crippen LogP contribution in [0.5, 0.6) is 0 Å². The van der Waals surface area contributed by atoms with Crippen molar-refractivity contribution in [1.29, 1.82) is 0 Å². The molecule has 0 aromatic carbocycles. The molecule has 0 aromatic heterocycles. The van der Waals surface area contributed by atoms with Gasteiger partial charge in [0.05, 0.1) is 0 Å². The highest BCUT2D eigenvalue weighted by molar-refractivity contribution is 6.40. The number of carboxylic acid groups (broad SMARTS) is 1. The topological polar surface area (TPSA) is 130 Å². The van der Waals surface area contributed by atoms with E-state index in [1.54, 1.807) is 0 Å². The van der Waals surface area contributed by atoms with Gasteiger partial charge in [-0.25, -0.2) is 0 Å². The minimum atomic E-state index is -1.32. The van der Waals surface area contributed by atoms with Crippen molar-refractivity contribution in [2.75, 3.05) is 6.54 Å². The van der Waals surface area contributed by atoms with Gasteiger partial charge in [-0.3, -0.25) is 4.79 Å². The molecule has 0 bridgehead atoms. The third-order valence-corrected chi connectivity index (χ3v) is 2.86. The van der Waals surface area contributed by atoms with E-state index in [4.69, 9.17) is 26.6 Å². The molecule has 16 heavy (non-hydrogen) atoms. The van der Waals surface area contributed by atoms with Gasteiger partial charge in [-0.2, -0.15) is 0 Å². The molecular weight excluding hydrogens is 211 g/mol. The summed E-state index contributed by atoms with van der Waals surface area (Å²) in [6.45, 7) is 2.26. The average Bonchev–Trinajstić information content (AvgIpc) is 2.21. The fraction of sp³-hybridized carbons (Fsp3) is 0.889. The fourth-order valence-electron chi connectivity index (χ4n) is 1.64. The number of carboxylic acids is 1. The molecule has 0 rings (SSSR count). The van der Waals surface area contributed by atoms with E-state index in [-0.39, 0.29) is 18.2 Å². The average molecular weight is 232 g/mol. The molecule has 0 saturated heterocycles. The Bertz CT molecular complexity index is 216. The number of rotatable bonds is 8. The zero-order valence-electron chi connectivity index (χ0n) is 9.54. The Morgan fingerprint density at radius 2 is 2.00 bits per heavy atom. The van der Waals surface area contributed by atoms with Crippen molar-refractivity contribution in [2.24, 2.45) is 23.3 Å². The molecule has 0 aromatic rings. The van der Waals surface area contributed by atoms with Crippen LogP contribution in [0.1, 0.15) is 19.8 Å². The molecule has 94 valence electrons. The van der Waals surface area contributed by atoms with Crippen LogP contribution >= 0.6 is 0 Å². The van der Waals surface area contributed by atoms with Gasteiger partial charge in [0.15, 0.2) is 0 Å². The highest BCUT2D eigenvalue weighted by Crippen LogP contribution is 2.21. The van der Waals surface area contributed by atoms with Gasteiger partial charge in [0, 0.05) is 0 Å². The van der Waals surface area contributed by atoms with Crippen LogP contribution in [0.3, 0.4) is 0 Å². The predicted octanol–water partition coefficient (Wildman–Crippen LogP) is -1.14. The molecule has 7 N–H and O–H groups in total. The Hall–Kier alpha value is -0.625. The zero-order chi connectivity index (χ0) is 12.7. The number of hydrogen-bond donors (Lipinski definition) is 5. The highest BCUT2D eigenvalue weighted by atomic mass is 16.4. The first kappa shape index (κ1) is 15.4. The molecule has 3 unspecified atom stereocenters. The quantitative estimate of drug-likeness (QED) is 0.336. The van der Waals surface area contributed by atoms with Crippen LogP contribution in [0.4, 0.5) is 0 Å². The molecule has 0 radical (unpaired) electrons. The van der Waals surface area contributed by atoms with E-state index < -0.39 is 19.1 Å². The first-order chi connectivity index (χ1) is 7.38. The summed E-state index contributed by atoms with van der Waals surface area (Å²) in [6, 6.07) is -0.907. The smallest absolute Gasteiger partial charge is 0.451 e. The molecule has 0 spiro atoms. The van der Waals surface area contributed by atoms with Crippen LogP contribution < -0.4 is 11.5 Å². The van der Waals surface area contributed by atoms with Gasteiger partial charge in [-0.1, -0.05) is 13.3 Å². The second-order valence-corrected chi connectivity index (χ2v) is 4.21. The van der Waals surface area contributed by atoms with Gasteiger partial charge in [-0.05, 0) is 31.1 Å². The Labute approximate surface area is 95.8 Å². The lowest BCUT2D eigenvalue weighted by Crippen LogP contribution is -2.36. The van der Waals surface area contributed by atoms with E-state index in [2.05, 4.69) is 0 Å². The van der Waals surface area contributed by atoms with Crippen LogP contribution in [0, 0.1) is 11.8 Å². The maximum Gasteiger partial charge on any atom is 0.451 e. The third-order valence-electron chi connectivity index (χ3n) is 2.86. The van der Waals surface area contributed by atoms with Crippen molar-refractivity contribution in [3.05, 3.63) is 0 Å². The lowest BCUT2D eigenvalue weighted by Gasteiger charge is -2.23. The number of aliphatic carboxylic acids is 1. The Balaban J connectivity index is 4.10. The second kappa shape index (κ2) is 7.62. The summed E-state index contributed by atoms with van der Waals surface area (Å²) in [6.07, 6.45) is 1.17. The number of hydrogen-bond acceptors (Lipinski definition) is 5. The van der Waals surface area contributed by atoms with Crippen molar-refractivity contribution >= 4 is 13.1 Å². The highest BCUT2D eigenvalue weighted by Gasteiger charge is 2.23. The summed E-state index contributed by atoms with van der Waals surface area (Å²) >= 11 is 0. The van der Waals surface area contributed by atoms with E-state index in [0.29, 0.717) is 19.4 Å². The van der Waals surface area contributed by atoms with Crippen LogP contribution in [-0.4, -0.2) is 40.8 Å². The minimum absolute atomic E-state index is 0.00940. The van der Waals surface area contributed by atoms with Crippen LogP contribution in [0.2, 0.25) is 6.32 Å². The monoisotopic (exact) mass is 232 g/mol. The Kier molecular flexibility index (Phi) is 7.32. The standard InChI is InChI=1S/C9H21BN2O4/c1-6(2-3-10(15)16)7(5-11)4-8(12)9(13)14/h6-8,15-16H,2-5,11-12H2,1H3,(H,13,14). The van der Waals surface area contributed by atoms with Crippen molar-refractivity contribution in [1.82, 2.24) is 0 Å². The third kappa shape index (κ3) is 6.07. The van der Waals surface area contributed by atoms with Gasteiger partial charge in [0.2, 0.25) is 0 Å². The molecule has 0 aliphatic heterocycles. The van der Waals surface area contributed by atoms with Crippen molar-refractivity contribution in [3.63, 3.8) is 0 Å². The fourth-order valence-corrected chi connectivity index (χ4v) is 1.64. The summed E-state index contributed by atoms with van der Waals surface area (Å²) in [7, 11) is -1.32. The summed E-state index contributed by atoms with van der Waals surface area (Å²) in [5.41, 5.74) is 11.0. The summed E-state index contributed by atoms with van der Waals surface area (Å²) in [5, 5.41) is 26.1. The lowest BCUT2D eigenvalue weighted by atomic mass is 9.76. The summed E-state index contributed by atoms with van der Waals surface area (Å²) < 4.78 is 0. The molecule has 7 heteroatoms. The van der Waals surface area contributed by atoms with E-state index in [9.17, 15) is 4.79 Å². The molecule has 0 aliphatic carbocycles. The van der Waals surface area contributed by atoms with Crippen molar-refractivity contribution in [3.8, 4) is 0 Å². The van der Waals surface area contributed by atoms with E-state index in [1.165, 1.54) is 0 Å². The van der Waals surface area contributed by atoms with Gasteiger partial charge >= 0.3 is 13.1 Å². The molecular formula is C9H21BN2O4. The maximum absolute atomic E-state index is 10.6. The maximum atomic E-state index is 10.6. The van der Waals surface area contributed by atoms with Crippen LogP contribution in [0.25, 0.3) is 0 Å². The van der Waals surface area contributed by atoms with Gasteiger partial charge in [-0.15, -0.1) is 0 Å². The molecule has 0 amide bonds. The second-order valence-electron chi connectivity index (χ2n) is 4.21. The first-order valence-electron chi connectivity index (χ1n) is 5.43. The minimum Gasteiger partial charge on any atom is -0.480 e. The van der Waals surface area contributed by atoms with E-state index in [1.807, 2.05) is 6.92 Å². The first-order valence-corrected chi connectivity index (χ1v) is 5.43. The molecule has 6 nitrogen and oxygen atoms in total. The predicted molar refractivity (Wildman–Crippen MR) is 61.6 cm³/mol. The Morgan fingerprint density at radius 1 is 1.44 bits per heavy atom. The van der Waals surface area contributed by atoms with Crippen molar-refractivity contribution in [2.45, 2.75) is 32.1 Å². The van der Waals surface area contributed by atoms with Gasteiger partial charge in [0.1, 0.15) is 6.04 Å². The van der Waals surface area contributed by atoms with Crippen LogP contribution in [-0.2, 0) is 4.79 Å². The summed E-state index contributed by atoms with van der Waals surface area (Å²) in [5.74, 6) is -0.921.